The minimum atomic E-state index is 1.09. The molecular weight excluding hydrogens is 254 g/mol. The van der Waals surface area contributed by atoms with Crippen LogP contribution in [0.3, 0.4) is 0 Å². The Morgan fingerprint density at radius 2 is 1.76 bits per heavy atom. The second kappa shape index (κ2) is 6.26. The number of fused-ring (bicyclic) bond motifs is 2. The van der Waals surface area contributed by atoms with E-state index in [-0.39, 0.29) is 0 Å². The number of hydrogen-bond acceptors (Lipinski definition) is 1. The Balaban J connectivity index is 2.04. The number of aromatic nitrogens is 1. The van der Waals surface area contributed by atoms with Gasteiger partial charge in [-0.25, -0.2) is 4.98 Å². The second-order valence-electron chi connectivity index (χ2n) is 5.92. The average molecular weight is 277 g/mol. The molecule has 0 bridgehead atoms. The molecule has 1 nitrogen and oxygen atoms in total. The van der Waals surface area contributed by atoms with Crippen LogP contribution in [0.5, 0.6) is 0 Å². The molecule has 0 saturated heterocycles. The Kier molecular flexibility index (Phi) is 4.19. The Hall–Kier alpha value is -1.89. The summed E-state index contributed by atoms with van der Waals surface area (Å²) in [4.78, 5) is 4.82. The van der Waals surface area contributed by atoms with Crippen LogP contribution in [0.25, 0.3) is 21.8 Å². The standard InChI is InChI=1S/C20H23N/c1-3-4-5-6-10-17-15(2)12-13-20-18(17)14-16-9-7-8-11-19(16)21-20/h7-9,11-14H,3-6,10H2,1-2H3. The van der Waals surface area contributed by atoms with Crippen molar-refractivity contribution in [3.05, 3.63) is 53.6 Å². The third kappa shape index (κ3) is 2.92. The Morgan fingerprint density at radius 1 is 0.905 bits per heavy atom. The lowest BCUT2D eigenvalue weighted by molar-refractivity contribution is 0.667. The lowest BCUT2D eigenvalue weighted by Crippen LogP contribution is -1.94. The van der Waals surface area contributed by atoms with Gasteiger partial charge in [-0.05, 0) is 49.1 Å². The second-order valence-corrected chi connectivity index (χ2v) is 5.92. The molecule has 0 atom stereocenters. The van der Waals surface area contributed by atoms with E-state index in [2.05, 4.69) is 56.3 Å². The van der Waals surface area contributed by atoms with Crippen molar-refractivity contribution >= 4 is 21.8 Å². The lowest BCUT2D eigenvalue weighted by atomic mass is 9.96. The normalized spacial score (nSPS) is 11.3. The number of unbranched alkanes of at least 4 members (excludes halogenated alkanes) is 3. The van der Waals surface area contributed by atoms with E-state index in [4.69, 9.17) is 4.98 Å². The molecule has 3 aromatic rings. The van der Waals surface area contributed by atoms with Gasteiger partial charge in [-0.1, -0.05) is 50.5 Å². The third-order valence-corrected chi connectivity index (χ3v) is 4.33. The van der Waals surface area contributed by atoms with Crippen LogP contribution < -0.4 is 0 Å². The van der Waals surface area contributed by atoms with E-state index in [1.165, 1.54) is 54.0 Å². The van der Waals surface area contributed by atoms with Crippen molar-refractivity contribution < 1.29 is 0 Å². The first-order valence-electron chi connectivity index (χ1n) is 8.07. The minimum Gasteiger partial charge on any atom is -0.248 e. The van der Waals surface area contributed by atoms with Crippen molar-refractivity contribution in [2.45, 2.75) is 46.0 Å². The van der Waals surface area contributed by atoms with Crippen LogP contribution in [-0.2, 0) is 6.42 Å². The zero-order valence-corrected chi connectivity index (χ0v) is 13.0. The van der Waals surface area contributed by atoms with Crippen molar-refractivity contribution in [2.75, 3.05) is 0 Å². The van der Waals surface area contributed by atoms with Gasteiger partial charge in [-0.15, -0.1) is 0 Å². The molecule has 1 heterocycles. The number of pyridine rings is 1. The van der Waals surface area contributed by atoms with E-state index in [0.717, 1.165) is 11.0 Å². The van der Waals surface area contributed by atoms with Crippen LogP contribution in [0, 0.1) is 6.92 Å². The van der Waals surface area contributed by atoms with Gasteiger partial charge in [-0.3, -0.25) is 0 Å². The molecule has 1 heteroatoms. The summed E-state index contributed by atoms with van der Waals surface area (Å²) >= 11 is 0. The number of aryl methyl sites for hydroxylation is 2. The average Bonchev–Trinajstić information content (AvgIpc) is 2.51. The highest BCUT2D eigenvalue weighted by Crippen LogP contribution is 2.26. The molecule has 21 heavy (non-hydrogen) atoms. The number of hydrogen-bond donors (Lipinski definition) is 0. The highest BCUT2D eigenvalue weighted by molar-refractivity contribution is 5.94. The van der Waals surface area contributed by atoms with E-state index < -0.39 is 0 Å². The van der Waals surface area contributed by atoms with Crippen molar-refractivity contribution in [3.8, 4) is 0 Å². The molecule has 0 aliphatic heterocycles. The monoisotopic (exact) mass is 277 g/mol. The molecule has 3 rings (SSSR count). The molecule has 0 aliphatic carbocycles. The number of para-hydroxylation sites is 1. The predicted molar refractivity (Wildman–Crippen MR) is 91.8 cm³/mol. The first kappa shape index (κ1) is 14.1. The fourth-order valence-corrected chi connectivity index (χ4v) is 3.08. The molecular formula is C20H23N. The topological polar surface area (TPSA) is 12.9 Å². The van der Waals surface area contributed by atoms with E-state index in [1.54, 1.807) is 0 Å². The van der Waals surface area contributed by atoms with Gasteiger partial charge in [0.1, 0.15) is 0 Å². The molecule has 2 aromatic carbocycles. The van der Waals surface area contributed by atoms with Crippen molar-refractivity contribution in [3.63, 3.8) is 0 Å². The Labute approximate surface area is 127 Å². The molecule has 0 N–H and O–H groups in total. The highest BCUT2D eigenvalue weighted by Gasteiger charge is 2.07. The third-order valence-electron chi connectivity index (χ3n) is 4.33. The molecule has 0 radical (unpaired) electrons. The summed E-state index contributed by atoms with van der Waals surface area (Å²) in [6, 6.07) is 15.1. The first-order chi connectivity index (χ1) is 10.3. The molecule has 0 spiro atoms. The molecule has 1 aromatic heterocycles. The van der Waals surface area contributed by atoms with Crippen LogP contribution in [0.4, 0.5) is 0 Å². The zero-order chi connectivity index (χ0) is 14.7. The fraction of sp³-hybridized carbons (Fsp3) is 0.350. The summed E-state index contributed by atoms with van der Waals surface area (Å²) in [5.41, 5.74) is 5.11. The van der Waals surface area contributed by atoms with Crippen molar-refractivity contribution in [1.29, 1.82) is 0 Å². The Morgan fingerprint density at radius 3 is 2.62 bits per heavy atom. The fourth-order valence-electron chi connectivity index (χ4n) is 3.08. The summed E-state index contributed by atoms with van der Waals surface area (Å²) in [6.45, 7) is 4.49. The van der Waals surface area contributed by atoms with Crippen molar-refractivity contribution in [2.24, 2.45) is 0 Å². The molecule has 0 aliphatic rings. The van der Waals surface area contributed by atoms with Gasteiger partial charge in [0, 0.05) is 10.8 Å². The summed E-state index contributed by atoms with van der Waals surface area (Å²) in [6.07, 6.45) is 6.41. The first-order valence-corrected chi connectivity index (χ1v) is 8.07. The quantitative estimate of drug-likeness (QED) is 0.423. The molecule has 108 valence electrons. The van der Waals surface area contributed by atoms with Crippen LogP contribution >= 0.6 is 0 Å². The zero-order valence-electron chi connectivity index (χ0n) is 13.0. The highest BCUT2D eigenvalue weighted by atomic mass is 14.7. The molecule has 0 unspecified atom stereocenters. The summed E-state index contributed by atoms with van der Waals surface area (Å²) in [7, 11) is 0. The van der Waals surface area contributed by atoms with E-state index in [9.17, 15) is 0 Å². The molecule has 0 fully saturated rings. The lowest BCUT2D eigenvalue weighted by Gasteiger charge is -2.11. The van der Waals surface area contributed by atoms with Gasteiger partial charge in [-0.2, -0.15) is 0 Å². The summed E-state index contributed by atoms with van der Waals surface area (Å²) < 4.78 is 0. The number of nitrogens with zero attached hydrogens (tertiary/aromatic N) is 1. The molecule has 0 amide bonds. The Bertz CT molecular complexity index is 758. The number of rotatable bonds is 5. The summed E-state index contributed by atoms with van der Waals surface area (Å²) in [5.74, 6) is 0. The smallest absolute Gasteiger partial charge is 0.0712 e. The van der Waals surface area contributed by atoms with Crippen LogP contribution in [0.2, 0.25) is 0 Å². The van der Waals surface area contributed by atoms with Gasteiger partial charge < -0.3 is 0 Å². The van der Waals surface area contributed by atoms with Crippen LogP contribution in [0.15, 0.2) is 42.5 Å². The van der Waals surface area contributed by atoms with Gasteiger partial charge in [0.25, 0.3) is 0 Å². The van der Waals surface area contributed by atoms with E-state index in [1.807, 2.05) is 0 Å². The molecule has 0 saturated carbocycles. The maximum Gasteiger partial charge on any atom is 0.0712 e. The van der Waals surface area contributed by atoms with Crippen molar-refractivity contribution in [1.82, 2.24) is 4.98 Å². The largest absolute Gasteiger partial charge is 0.248 e. The minimum absolute atomic E-state index is 1.09. The van der Waals surface area contributed by atoms with Crippen LogP contribution in [-0.4, -0.2) is 4.98 Å². The number of benzene rings is 2. The van der Waals surface area contributed by atoms with Gasteiger partial charge in [0.05, 0.1) is 11.0 Å². The predicted octanol–water partition coefficient (Wildman–Crippen LogP) is 5.82. The van der Waals surface area contributed by atoms with Gasteiger partial charge in [0.2, 0.25) is 0 Å². The van der Waals surface area contributed by atoms with Crippen LogP contribution in [0.1, 0.15) is 43.7 Å². The summed E-state index contributed by atoms with van der Waals surface area (Å²) in [5, 5.41) is 2.58. The maximum absolute atomic E-state index is 4.82. The SMILES string of the molecule is CCCCCCc1c(C)ccc2nc3ccccc3cc12. The van der Waals surface area contributed by atoms with Gasteiger partial charge in [0.15, 0.2) is 0 Å². The van der Waals surface area contributed by atoms with Gasteiger partial charge >= 0.3 is 0 Å². The van der Waals surface area contributed by atoms with E-state index >= 15 is 0 Å². The van der Waals surface area contributed by atoms with E-state index in [0.29, 0.717) is 0 Å². The maximum atomic E-state index is 4.82.